The Hall–Kier alpha value is -3.29. The minimum Gasteiger partial charge on any atom is -0.508 e. The van der Waals surface area contributed by atoms with Gasteiger partial charge in [0.2, 0.25) is 0 Å². The van der Waals surface area contributed by atoms with E-state index in [2.05, 4.69) is 5.16 Å². The smallest absolute Gasteiger partial charge is 0.342 e. The van der Waals surface area contributed by atoms with Gasteiger partial charge in [-0.2, -0.15) is 0 Å². The van der Waals surface area contributed by atoms with Crippen LogP contribution in [0.4, 0.5) is 0 Å². The van der Waals surface area contributed by atoms with Crippen LogP contribution in [0, 0.1) is 0 Å². The molecule has 1 amide bonds. The van der Waals surface area contributed by atoms with Gasteiger partial charge in [-0.3, -0.25) is 4.79 Å². The number of amides is 1. The lowest BCUT2D eigenvalue weighted by Crippen LogP contribution is -2.37. The van der Waals surface area contributed by atoms with Crippen molar-refractivity contribution in [2.24, 2.45) is 5.16 Å². The molecule has 0 bridgehead atoms. The summed E-state index contributed by atoms with van der Waals surface area (Å²) in [5.74, 6) is -1.32. The Morgan fingerprint density at radius 2 is 1.91 bits per heavy atom. The number of aromatic hydroxyl groups is 2. The summed E-state index contributed by atoms with van der Waals surface area (Å²) in [6.45, 7) is 3.47. The van der Waals surface area contributed by atoms with Gasteiger partial charge in [0.1, 0.15) is 17.1 Å². The Labute approximate surface area is 194 Å². The number of rotatable bonds is 3. The Kier molecular flexibility index (Phi) is 8.92. The number of carbonyl (C=O) groups is 2. The molecule has 2 aliphatic heterocycles. The van der Waals surface area contributed by atoms with Gasteiger partial charge in [-0.05, 0) is 63.2 Å². The van der Waals surface area contributed by atoms with Crippen molar-refractivity contribution in [2.45, 2.75) is 51.9 Å². The zero-order valence-corrected chi connectivity index (χ0v) is 19.1. The molecule has 1 fully saturated rings. The molecule has 1 aromatic rings. The van der Waals surface area contributed by atoms with Gasteiger partial charge in [0.05, 0.1) is 12.3 Å². The summed E-state index contributed by atoms with van der Waals surface area (Å²) in [5, 5.41) is 24.5. The lowest BCUT2D eigenvalue weighted by atomic mass is 9.98. The first-order valence-corrected chi connectivity index (χ1v) is 11.4. The summed E-state index contributed by atoms with van der Waals surface area (Å²) in [6.07, 6.45) is 11.3. The molecule has 2 aliphatic rings. The Morgan fingerprint density at radius 3 is 2.70 bits per heavy atom. The van der Waals surface area contributed by atoms with E-state index >= 15 is 0 Å². The minimum absolute atomic E-state index is 0.0167. The topological polar surface area (TPSA) is 109 Å². The van der Waals surface area contributed by atoms with Gasteiger partial charge in [0.25, 0.3) is 5.91 Å². The van der Waals surface area contributed by atoms with E-state index in [1.165, 1.54) is 6.07 Å². The lowest BCUT2D eigenvalue weighted by Gasteiger charge is -2.26. The molecule has 33 heavy (non-hydrogen) atoms. The number of carbonyl (C=O) groups excluding carboxylic acids is 2. The zero-order valence-electron chi connectivity index (χ0n) is 19.1. The molecule has 0 unspecified atom stereocenters. The third kappa shape index (κ3) is 7.37. The monoisotopic (exact) mass is 456 g/mol. The number of nitrogens with zero attached hydrogens (tertiary/aromatic N) is 2. The Morgan fingerprint density at radius 1 is 1.15 bits per heavy atom. The molecule has 8 nitrogen and oxygen atoms in total. The Bertz CT molecular complexity index is 944. The number of ether oxygens (including phenoxy) is 1. The van der Waals surface area contributed by atoms with Crippen molar-refractivity contribution in [1.82, 2.24) is 4.90 Å². The normalized spacial score (nSPS) is 19.3. The van der Waals surface area contributed by atoms with Gasteiger partial charge < -0.3 is 24.7 Å². The fourth-order valence-electron chi connectivity index (χ4n) is 3.95. The van der Waals surface area contributed by atoms with Crippen LogP contribution in [0.25, 0.3) is 0 Å². The largest absolute Gasteiger partial charge is 0.508 e. The number of likely N-dealkylation sites (tertiary alicyclic amines) is 1. The third-order valence-corrected chi connectivity index (χ3v) is 5.64. The molecule has 2 N–H and O–H groups in total. The van der Waals surface area contributed by atoms with Crippen LogP contribution in [0.1, 0.15) is 61.4 Å². The van der Waals surface area contributed by atoms with Gasteiger partial charge in [-0.25, -0.2) is 4.79 Å². The van der Waals surface area contributed by atoms with Crippen molar-refractivity contribution < 1.29 is 29.4 Å². The van der Waals surface area contributed by atoms with Crippen molar-refractivity contribution in [3.05, 3.63) is 47.1 Å². The molecule has 2 heterocycles. The second-order valence-electron chi connectivity index (χ2n) is 8.40. The maximum atomic E-state index is 12.6. The first kappa shape index (κ1) is 24.4. The van der Waals surface area contributed by atoms with Crippen molar-refractivity contribution in [1.29, 1.82) is 0 Å². The molecular formula is C25H32N2O6. The summed E-state index contributed by atoms with van der Waals surface area (Å²) in [7, 11) is 0. The number of cyclic esters (lactones) is 1. The molecule has 3 rings (SSSR count). The van der Waals surface area contributed by atoms with E-state index in [0.29, 0.717) is 17.7 Å². The number of phenols is 2. The molecular weight excluding hydrogens is 424 g/mol. The molecule has 178 valence electrons. The molecule has 0 atom stereocenters. The highest BCUT2D eigenvalue weighted by molar-refractivity contribution is 6.00. The average molecular weight is 457 g/mol. The first-order chi connectivity index (χ1) is 15.9. The van der Waals surface area contributed by atoms with E-state index in [1.54, 1.807) is 4.90 Å². The SMILES string of the molecule is CC1=CC(=NOCC(=O)N2CCCCC2)Cc2cc(O)cc(O)c2C(=O)OCCC=CCC1. The second kappa shape index (κ2) is 12.1. The average Bonchev–Trinajstić information content (AvgIpc) is 2.77. The van der Waals surface area contributed by atoms with Gasteiger partial charge in [0, 0.05) is 25.6 Å². The molecule has 0 saturated carbocycles. The van der Waals surface area contributed by atoms with Gasteiger partial charge >= 0.3 is 5.97 Å². The fraction of sp³-hybridized carbons (Fsp3) is 0.480. The number of phenolic OH excluding ortho intramolecular Hbond substituents is 2. The van der Waals surface area contributed by atoms with Crippen LogP contribution in [-0.4, -0.2) is 59.0 Å². The lowest BCUT2D eigenvalue weighted by molar-refractivity contribution is -0.137. The maximum Gasteiger partial charge on any atom is 0.342 e. The highest BCUT2D eigenvalue weighted by Gasteiger charge is 2.21. The summed E-state index contributed by atoms with van der Waals surface area (Å²) in [4.78, 5) is 32.2. The molecule has 0 aliphatic carbocycles. The van der Waals surface area contributed by atoms with Gasteiger partial charge in [0.15, 0.2) is 6.61 Å². The maximum absolute atomic E-state index is 12.6. The summed E-state index contributed by atoms with van der Waals surface area (Å²) < 4.78 is 5.30. The number of benzene rings is 1. The highest BCUT2D eigenvalue weighted by atomic mass is 16.6. The molecule has 1 aromatic carbocycles. The van der Waals surface area contributed by atoms with E-state index in [0.717, 1.165) is 56.8 Å². The molecule has 0 spiro atoms. The highest BCUT2D eigenvalue weighted by Crippen LogP contribution is 2.29. The van der Waals surface area contributed by atoms with Crippen molar-refractivity contribution >= 4 is 17.6 Å². The number of oxime groups is 1. The molecule has 1 saturated heterocycles. The predicted molar refractivity (Wildman–Crippen MR) is 124 cm³/mol. The number of fused-ring (bicyclic) bond motifs is 1. The summed E-state index contributed by atoms with van der Waals surface area (Å²) in [5.41, 5.74) is 1.87. The van der Waals surface area contributed by atoms with Crippen molar-refractivity contribution in [3.8, 4) is 11.5 Å². The third-order valence-electron chi connectivity index (χ3n) is 5.64. The quantitative estimate of drug-likeness (QED) is 0.406. The zero-order chi connectivity index (χ0) is 23.6. The van der Waals surface area contributed by atoms with Crippen LogP contribution < -0.4 is 0 Å². The predicted octanol–water partition coefficient (Wildman–Crippen LogP) is 3.87. The minimum atomic E-state index is -0.672. The number of hydrogen-bond acceptors (Lipinski definition) is 7. The van der Waals surface area contributed by atoms with E-state index in [4.69, 9.17) is 9.57 Å². The number of hydrogen-bond donors (Lipinski definition) is 2. The molecule has 0 radical (unpaired) electrons. The number of esters is 1. The van der Waals surface area contributed by atoms with Crippen molar-refractivity contribution in [2.75, 3.05) is 26.3 Å². The van der Waals surface area contributed by atoms with E-state index < -0.39 is 5.97 Å². The van der Waals surface area contributed by atoms with Gasteiger partial charge in [-0.1, -0.05) is 22.9 Å². The number of piperidine rings is 1. The van der Waals surface area contributed by atoms with Crippen LogP contribution in [0.2, 0.25) is 0 Å². The van der Waals surface area contributed by atoms with Crippen LogP contribution in [0.15, 0.2) is 41.1 Å². The molecule has 0 aromatic heterocycles. The van der Waals surface area contributed by atoms with Crippen LogP contribution >= 0.6 is 0 Å². The molecule has 8 heteroatoms. The second-order valence-corrected chi connectivity index (χ2v) is 8.40. The van der Waals surface area contributed by atoms with E-state index in [1.807, 2.05) is 25.2 Å². The first-order valence-electron chi connectivity index (χ1n) is 11.4. The summed E-state index contributed by atoms with van der Waals surface area (Å²) in [6, 6.07) is 2.51. The van der Waals surface area contributed by atoms with Crippen LogP contribution in [-0.2, 0) is 20.8 Å². The van der Waals surface area contributed by atoms with E-state index in [-0.39, 0.29) is 42.6 Å². The van der Waals surface area contributed by atoms with Crippen LogP contribution in [0.5, 0.6) is 11.5 Å². The fourth-order valence-corrected chi connectivity index (χ4v) is 3.95. The number of allylic oxidation sites excluding steroid dienone is 3. The summed E-state index contributed by atoms with van der Waals surface area (Å²) >= 11 is 0. The van der Waals surface area contributed by atoms with Crippen LogP contribution in [0.3, 0.4) is 0 Å². The van der Waals surface area contributed by atoms with Crippen molar-refractivity contribution in [3.63, 3.8) is 0 Å². The standard InChI is InChI=1S/C25H32N2O6/c1-18-9-5-2-3-8-12-32-25(31)24-19(15-21(28)16-22(24)29)14-20(13-18)26-33-17-23(30)27-10-6-4-7-11-27/h2-3,13,15-16,28-29H,4-12,14,17H2,1H3. The van der Waals surface area contributed by atoms with E-state index in [9.17, 15) is 19.8 Å². The van der Waals surface area contributed by atoms with Gasteiger partial charge in [-0.15, -0.1) is 0 Å². The Balaban J connectivity index is 1.85.